The summed E-state index contributed by atoms with van der Waals surface area (Å²) >= 11 is 0. The van der Waals surface area contributed by atoms with Gasteiger partial charge in [0.15, 0.2) is 6.10 Å². The fourth-order valence-corrected chi connectivity index (χ4v) is 6.87. The topological polar surface area (TPSA) is 78.9 Å². The molecule has 0 heterocycles. The molecular weight excluding hydrogens is 757 g/mol. The predicted molar refractivity (Wildman–Crippen MR) is 261 cm³/mol. The first-order chi connectivity index (χ1) is 30.0. The van der Waals surface area contributed by atoms with Gasteiger partial charge in [-0.1, -0.05) is 203 Å². The third-order valence-electron chi connectivity index (χ3n) is 10.7. The second kappa shape index (κ2) is 49.5. The van der Waals surface area contributed by atoms with Crippen molar-refractivity contribution in [1.82, 2.24) is 0 Å². The molecule has 350 valence electrons. The second-order valence-corrected chi connectivity index (χ2v) is 16.7. The third kappa shape index (κ3) is 47.7. The van der Waals surface area contributed by atoms with E-state index >= 15 is 0 Å². The average molecular weight is 851 g/mol. The highest BCUT2D eigenvalue weighted by Gasteiger charge is 2.19. The Balaban J connectivity index is 4.42. The standard InChI is InChI=1S/C55H94O6/c1-4-7-10-13-16-19-22-24-26-27-28-29-30-32-33-36-39-42-45-48-54(57)60-51-52(50-59-53(56)47-44-41-38-35-21-18-15-12-9-6-3)61-55(58)49-46-43-40-37-34-31-25-23-20-17-14-11-8-5-2/h7,10,16,19,23-26,28-29,32-33,52H,4-6,8-9,11-15,17-18,20-22,27,30-31,34-51H2,1-3H3/b10-7-,19-16-,25-23-,26-24-,29-28-,33-32-. The summed E-state index contributed by atoms with van der Waals surface area (Å²) in [5.74, 6) is -0.931. The van der Waals surface area contributed by atoms with Gasteiger partial charge < -0.3 is 14.2 Å². The molecule has 0 bridgehead atoms. The van der Waals surface area contributed by atoms with Crippen LogP contribution in [0.4, 0.5) is 0 Å². The summed E-state index contributed by atoms with van der Waals surface area (Å²) in [6.07, 6.45) is 61.7. The molecule has 0 fully saturated rings. The number of rotatable bonds is 45. The van der Waals surface area contributed by atoms with Crippen LogP contribution in [0.2, 0.25) is 0 Å². The summed E-state index contributed by atoms with van der Waals surface area (Å²) in [6, 6.07) is 0. The lowest BCUT2D eigenvalue weighted by Crippen LogP contribution is -2.30. The van der Waals surface area contributed by atoms with Crippen molar-refractivity contribution in [3.8, 4) is 0 Å². The summed E-state index contributed by atoms with van der Waals surface area (Å²) in [4.78, 5) is 37.9. The van der Waals surface area contributed by atoms with Crippen LogP contribution in [-0.4, -0.2) is 37.2 Å². The summed E-state index contributed by atoms with van der Waals surface area (Å²) in [6.45, 7) is 6.46. The predicted octanol–water partition coefficient (Wildman–Crippen LogP) is 16.6. The number of carbonyl (C=O) groups excluding carboxylic acids is 3. The molecule has 0 aliphatic carbocycles. The molecule has 0 N–H and O–H groups in total. The largest absolute Gasteiger partial charge is 0.462 e. The normalized spacial score (nSPS) is 12.6. The lowest BCUT2D eigenvalue weighted by Gasteiger charge is -2.18. The highest BCUT2D eigenvalue weighted by atomic mass is 16.6. The van der Waals surface area contributed by atoms with Crippen LogP contribution in [0.3, 0.4) is 0 Å². The number of hydrogen-bond donors (Lipinski definition) is 0. The highest BCUT2D eigenvalue weighted by Crippen LogP contribution is 2.14. The van der Waals surface area contributed by atoms with Crippen molar-refractivity contribution in [2.45, 2.75) is 245 Å². The van der Waals surface area contributed by atoms with Gasteiger partial charge in [-0.3, -0.25) is 14.4 Å². The first-order valence-electron chi connectivity index (χ1n) is 25.4. The van der Waals surface area contributed by atoms with Crippen LogP contribution in [0.15, 0.2) is 72.9 Å². The first kappa shape index (κ1) is 57.9. The van der Waals surface area contributed by atoms with Crippen molar-refractivity contribution < 1.29 is 28.6 Å². The van der Waals surface area contributed by atoms with Crippen LogP contribution < -0.4 is 0 Å². The number of carbonyl (C=O) groups is 3. The molecule has 0 aromatic rings. The maximum atomic E-state index is 12.8. The lowest BCUT2D eigenvalue weighted by atomic mass is 10.1. The molecular formula is C55H94O6. The fraction of sp³-hybridized carbons (Fsp3) is 0.727. The number of unbranched alkanes of at least 4 members (excludes halogenated alkanes) is 22. The molecule has 0 saturated carbocycles. The molecule has 0 amide bonds. The van der Waals surface area contributed by atoms with E-state index in [1.165, 1.54) is 89.9 Å². The van der Waals surface area contributed by atoms with Crippen LogP contribution >= 0.6 is 0 Å². The Bertz CT molecular complexity index is 1160. The Hall–Kier alpha value is -3.15. The Labute approximate surface area is 376 Å². The summed E-state index contributed by atoms with van der Waals surface area (Å²) in [5.41, 5.74) is 0. The second-order valence-electron chi connectivity index (χ2n) is 16.7. The van der Waals surface area contributed by atoms with E-state index in [0.29, 0.717) is 19.3 Å². The fourth-order valence-electron chi connectivity index (χ4n) is 6.87. The Morgan fingerprint density at radius 2 is 0.639 bits per heavy atom. The smallest absolute Gasteiger partial charge is 0.306 e. The van der Waals surface area contributed by atoms with Crippen molar-refractivity contribution in [3.05, 3.63) is 72.9 Å². The highest BCUT2D eigenvalue weighted by molar-refractivity contribution is 5.71. The van der Waals surface area contributed by atoms with Gasteiger partial charge in [-0.15, -0.1) is 0 Å². The third-order valence-corrected chi connectivity index (χ3v) is 10.7. The molecule has 1 unspecified atom stereocenters. The maximum absolute atomic E-state index is 12.8. The van der Waals surface area contributed by atoms with Gasteiger partial charge in [-0.2, -0.15) is 0 Å². The molecule has 0 spiro atoms. The van der Waals surface area contributed by atoms with Gasteiger partial charge >= 0.3 is 17.9 Å². The Morgan fingerprint density at radius 3 is 1.03 bits per heavy atom. The van der Waals surface area contributed by atoms with Crippen molar-refractivity contribution in [2.75, 3.05) is 13.2 Å². The summed E-state index contributed by atoms with van der Waals surface area (Å²) in [7, 11) is 0. The van der Waals surface area contributed by atoms with Gasteiger partial charge in [0, 0.05) is 19.3 Å². The number of ether oxygens (including phenoxy) is 3. The van der Waals surface area contributed by atoms with Gasteiger partial charge in [-0.05, 0) is 89.9 Å². The van der Waals surface area contributed by atoms with Crippen LogP contribution in [0, 0.1) is 0 Å². The zero-order valence-electron chi connectivity index (χ0n) is 39.9. The van der Waals surface area contributed by atoms with Crippen molar-refractivity contribution >= 4 is 17.9 Å². The molecule has 0 aliphatic rings. The van der Waals surface area contributed by atoms with E-state index in [4.69, 9.17) is 14.2 Å². The monoisotopic (exact) mass is 851 g/mol. The van der Waals surface area contributed by atoms with Crippen LogP contribution in [0.25, 0.3) is 0 Å². The van der Waals surface area contributed by atoms with Crippen molar-refractivity contribution in [3.63, 3.8) is 0 Å². The van der Waals surface area contributed by atoms with Crippen molar-refractivity contribution in [2.24, 2.45) is 0 Å². The summed E-state index contributed by atoms with van der Waals surface area (Å²) < 4.78 is 16.7. The molecule has 6 nitrogen and oxygen atoms in total. The van der Waals surface area contributed by atoms with Crippen LogP contribution in [-0.2, 0) is 28.6 Å². The van der Waals surface area contributed by atoms with E-state index < -0.39 is 6.10 Å². The van der Waals surface area contributed by atoms with Gasteiger partial charge in [0.2, 0.25) is 0 Å². The zero-order valence-corrected chi connectivity index (χ0v) is 39.9. The van der Waals surface area contributed by atoms with Gasteiger partial charge in [0.05, 0.1) is 0 Å². The minimum Gasteiger partial charge on any atom is -0.462 e. The van der Waals surface area contributed by atoms with E-state index in [-0.39, 0.29) is 31.1 Å². The molecule has 61 heavy (non-hydrogen) atoms. The quantitative estimate of drug-likeness (QED) is 0.0263. The minimum atomic E-state index is -0.790. The van der Waals surface area contributed by atoms with Crippen molar-refractivity contribution in [1.29, 1.82) is 0 Å². The molecule has 0 rings (SSSR count). The molecule has 1 atom stereocenters. The van der Waals surface area contributed by atoms with E-state index in [2.05, 4.69) is 93.7 Å². The lowest BCUT2D eigenvalue weighted by molar-refractivity contribution is -0.167. The van der Waals surface area contributed by atoms with E-state index in [1.807, 2.05) is 0 Å². The van der Waals surface area contributed by atoms with Gasteiger partial charge in [0.25, 0.3) is 0 Å². The number of allylic oxidation sites excluding steroid dienone is 12. The summed E-state index contributed by atoms with van der Waals surface area (Å²) in [5, 5.41) is 0. The van der Waals surface area contributed by atoms with E-state index in [0.717, 1.165) is 109 Å². The molecule has 0 radical (unpaired) electrons. The van der Waals surface area contributed by atoms with Crippen LogP contribution in [0.1, 0.15) is 239 Å². The van der Waals surface area contributed by atoms with E-state index in [1.54, 1.807) is 0 Å². The SMILES string of the molecule is CC/C=C\C/C=C\C/C=C\C/C=C\C/C=C\CCCCCC(=O)OCC(COC(=O)CCCCCCCCCCCC)OC(=O)CCCCCCC/C=C\CCCCCCC. The molecule has 0 aromatic carbocycles. The zero-order chi connectivity index (χ0) is 44.4. The van der Waals surface area contributed by atoms with Gasteiger partial charge in [0.1, 0.15) is 13.2 Å². The minimum absolute atomic E-state index is 0.0882. The molecule has 0 aromatic heterocycles. The molecule has 0 aliphatic heterocycles. The molecule has 6 heteroatoms. The average Bonchev–Trinajstić information content (AvgIpc) is 3.26. The van der Waals surface area contributed by atoms with Gasteiger partial charge in [-0.25, -0.2) is 0 Å². The maximum Gasteiger partial charge on any atom is 0.306 e. The Morgan fingerprint density at radius 1 is 0.344 bits per heavy atom. The first-order valence-corrected chi connectivity index (χ1v) is 25.4. The molecule has 0 saturated heterocycles. The Kier molecular flexibility index (Phi) is 46.9. The van der Waals surface area contributed by atoms with E-state index in [9.17, 15) is 14.4 Å². The number of esters is 3. The number of hydrogen-bond acceptors (Lipinski definition) is 6. The van der Waals surface area contributed by atoms with Crippen LogP contribution in [0.5, 0.6) is 0 Å².